The Morgan fingerprint density at radius 1 is 1.41 bits per heavy atom. The van der Waals surface area contributed by atoms with E-state index in [4.69, 9.17) is 0 Å². The van der Waals surface area contributed by atoms with Gasteiger partial charge in [-0.15, -0.1) is 0 Å². The van der Waals surface area contributed by atoms with E-state index in [0.29, 0.717) is 5.82 Å². The molecule has 0 spiro atoms. The molecule has 0 aliphatic carbocycles. The van der Waals surface area contributed by atoms with Crippen molar-refractivity contribution < 1.29 is 4.79 Å². The molecule has 1 fully saturated rings. The Balaban J connectivity index is 1.59. The van der Waals surface area contributed by atoms with Gasteiger partial charge in [0.15, 0.2) is 5.82 Å². The lowest BCUT2D eigenvalue weighted by molar-refractivity contribution is 0.0907. The predicted molar refractivity (Wildman–Crippen MR) is 83.7 cm³/mol. The summed E-state index contributed by atoms with van der Waals surface area (Å²) in [6.07, 6.45) is 5.48. The molecule has 3 aromatic rings. The Morgan fingerprint density at radius 3 is 3.05 bits per heavy atom. The lowest BCUT2D eigenvalue weighted by atomic mass is 10.1. The number of imidazole rings is 1. The number of amides is 1. The maximum absolute atomic E-state index is 12.4. The summed E-state index contributed by atoms with van der Waals surface area (Å²) in [6.45, 7) is 2.03. The number of aromatic amines is 2. The molecule has 0 aromatic carbocycles. The van der Waals surface area contributed by atoms with Gasteiger partial charge >= 0.3 is 0 Å². The van der Waals surface area contributed by atoms with Crippen LogP contribution in [-0.2, 0) is 0 Å². The Kier molecular flexibility index (Phi) is 3.07. The van der Waals surface area contributed by atoms with Gasteiger partial charge in [0.25, 0.3) is 5.91 Å². The highest BCUT2D eigenvalue weighted by Gasteiger charge is 2.21. The molecule has 22 heavy (non-hydrogen) atoms. The topological polar surface area (TPSA) is 89.7 Å². The molecule has 1 aliphatic heterocycles. The van der Waals surface area contributed by atoms with Crippen LogP contribution in [0.15, 0.2) is 18.5 Å². The molecule has 0 atom stereocenters. The van der Waals surface area contributed by atoms with E-state index >= 15 is 0 Å². The highest BCUT2D eigenvalue weighted by molar-refractivity contribution is 6.03. The van der Waals surface area contributed by atoms with Crippen molar-refractivity contribution in [2.24, 2.45) is 0 Å². The summed E-state index contributed by atoms with van der Waals surface area (Å²) in [7, 11) is 2.10. The van der Waals surface area contributed by atoms with E-state index in [2.05, 4.69) is 37.2 Å². The first kappa shape index (κ1) is 13.3. The fourth-order valence-corrected chi connectivity index (χ4v) is 2.99. The number of hydrogen-bond acceptors (Lipinski definition) is 4. The molecule has 3 N–H and O–H groups in total. The number of rotatable bonds is 2. The van der Waals surface area contributed by atoms with Crippen LogP contribution >= 0.6 is 0 Å². The summed E-state index contributed by atoms with van der Waals surface area (Å²) in [5.41, 5.74) is 2.33. The standard InChI is InChI=1S/C15H18N6O/c1-21-6-3-9(4-7-21)18-15(22)14-19-11-8-17-13-10(2-5-16-13)12(11)20-14/h2,5,8-9H,3-4,6-7H2,1H3,(H,16,17)(H,18,22)(H,19,20). The molecule has 1 amide bonds. The van der Waals surface area contributed by atoms with Crippen LogP contribution in [0, 0.1) is 0 Å². The van der Waals surface area contributed by atoms with E-state index in [9.17, 15) is 4.79 Å². The number of pyridine rings is 1. The Hall–Kier alpha value is -2.41. The summed E-state index contributed by atoms with van der Waals surface area (Å²) >= 11 is 0. The first-order valence-corrected chi connectivity index (χ1v) is 7.52. The predicted octanol–water partition coefficient (Wildman–Crippen LogP) is 1.26. The average molecular weight is 298 g/mol. The van der Waals surface area contributed by atoms with Gasteiger partial charge in [-0.2, -0.15) is 0 Å². The molecule has 1 saturated heterocycles. The highest BCUT2D eigenvalue weighted by Crippen LogP contribution is 2.20. The molecule has 4 rings (SSSR count). The van der Waals surface area contributed by atoms with Gasteiger partial charge in [-0.25, -0.2) is 9.97 Å². The second kappa shape index (κ2) is 5.10. The van der Waals surface area contributed by atoms with Crippen molar-refractivity contribution in [2.75, 3.05) is 20.1 Å². The quantitative estimate of drug-likeness (QED) is 0.664. The fraction of sp³-hybridized carbons (Fsp3) is 0.400. The molecule has 3 aromatic heterocycles. The van der Waals surface area contributed by atoms with E-state index < -0.39 is 0 Å². The minimum absolute atomic E-state index is 0.144. The van der Waals surface area contributed by atoms with Gasteiger partial charge in [0, 0.05) is 17.6 Å². The average Bonchev–Trinajstić information content (AvgIpc) is 3.14. The van der Waals surface area contributed by atoms with Crippen molar-refractivity contribution >= 4 is 28.0 Å². The van der Waals surface area contributed by atoms with E-state index in [1.54, 1.807) is 6.20 Å². The summed E-state index contributed by atoms with van der Waals surface area (Å²) in [5.74, 6) is 0.207. The number of hydrogen-bond donors (Lipinski definition) is 3. The lowest BCUT2D eigenvalue weighted by Gasteiger charge is -2.29. The van der Waals surface area contributed by atoms with E-state index in [0.717, 1.165) is 48.0 Å². The number of carbonyl (C=O) groups excluding carboxylic acids is 1. The van der Waals surface area contributed by atoms with Gasteiger partial charge in [0.05, 0.1) is 11.7 Å². The zero-order valence-corrected chi connectivity index (χ0v) is 12.4. The van der Waals surface area contributed by atoms with Crippen LogP contribution in [0.2, 0.25) is 0 Å². The third-order valence-electron chi connectivity index (χ3n) is 4.30. The molecule has 0 unspecified atom stereocenters. The molecule has 114 valence electrons. The van der Waals surface area contributed by atoms with Crippen LogP contribution in [0.3, 0.4) is 0 Å². The lowest BCUT2D eigenvalue weighted by Crippen LogP contribution is -2.43. The summed E-state index contributed by atoms with van der Waals surface area (Å²) in [4.78, 5) is 29.5. The number of carbonyl (C=O) groups is 1. The molecule has 0 bridgehead atoms. The van der Waals surface area contributed by atoms with Crippen LogP contribution in [0.4, 0.5) is 0 Å². The van der Waals surface area contributed by atoms with Crippen LogP contribution in [0.25, 0.3) is 22.1 Å². The number of piperidine rings is 1. The minimum Gasteiger partial charge on any atom is -0.347 e. The SMILES string of the molecule is CN1CCC(NC(=O)c2nc3c(cnc4[nH]ccc43)[nH]2)CC1. The van der Waals surface area contributed by atoms with E-state index in [1.165, 1.54) is 0 Å². The third kappa shape index (κ3) is 2.23. The first-order chi connectivity index (χ1) is 10.7. The number of nitrogens with zero attached hydrogens (tertiary/aromatic N) is 3. The van der Waals surface area contributed by atoms with E-state index in [-0.39, 0.29) is 11.9 Å². The Bertz CT molecular complexity index is 827. The molecule has 1 aliphatic rings. The molecule has 7 nitrogen and oxygen atoms in total. The molecule has 0 radical (unpaired) electrons. The molecular formula is C15H18N6O. The second-order valence-electron chi connectivity index (χ2n) is 5.90. The van der Waals surface area contributed by atoms with Gasteiger partial charge in [0.2, 0.25) is 0 Å². The van der Waals surface area contributed by atoms with Crippen LogP contribution in [-0.4, -0.2) is 56.9 Å². The number of likely N-dealkylation sites (tertiary alicyclic amines) is 1. The first-order valence-electron chi connectivity index (χ1n) is 7.52. The number of aromatic nitrogens is 4. The van der Waals surface area contributed by atoms with Crippen LogP contribution in [0.5, 0.6) is 0 Å². The number of nitrogens with one attached hydrogen (secondary N) is 3. The van der Waals surface area contributed by atoms with Crippen molar-refractivity contribution in [3.63, 3.8) is 0 Å². The molecule has 7 heteroatoms. The van der Waals surface area contributed by atoms with Crippen LogP contribution < -0.4 is 5.32 Å². The maximum atomic E-state index is 12.4. The van der Waals surface area contributed by atoms with Crippen molar-refractivity contribution in [1.29, 1.82) is 0 Å². The largest absolute Gasteiger partial charge is 0.347 e. The van der Waals surface area contributed by atoms with Gasteiger partial charge < -0.3 is 20.2 Å². The zero-order chi connectivity index (χ0) is 15.1. The van der Waals surface area contributed by atoms with Crippen molar-refractivity contribution in [1.82, 2.24) is 30.2 Å². The maximum Gasteiger partial charge on any atom is 0.287 e. The van der Waals surface area contributed by atoms with Crippen molar-refractivity contribution in [2.45, 2.75) is 18.9 Å². The van der Waals surface area contributed by atoms with Gasteiger partial charge in [-0.1, -0.05) is 0 Å². The molecule has 0 saturated carbocycles. The van der Waals surface area contributed by atoms with Gasteiger partial charge in [0.1, 0.15) is 11.2 Å². The summed E-state index contributed by atoms with van der Waals surface area (Å²) < 4.78 is 0. The van der Waals surface area contributed by atoms with Crippen LogP contribution in [0.1, 0.15) is 23.5 Å². The monoisotopic (exact) mass is 298 g/mol. The second-order valence-corrected chi connectivity index (χ2v) is 5.90. The normalized spacial score (nSPS) is 17.3. The highest BCUT2D eigenvalue weighted by atomic mass is 16.2. The Morgan fingerprint density at radius 2 is 2.23 bits per heavy atom. The van der Waals surface area contributed by atoms with Gasteiger partial charge in [-0.3, -0.25) is 4.79 Å². The zero-order valence-electron chi connectivity index (χ0n) is 12.4. The minimum atomic E-state index is -0.144. The number of fused-ring (bicyclic) bond motifs is 3. The van der Waals surface area contributed by atoms with E-state index in [1.807, 2.05) is 12.3 Å². The van der Waals surface area contributed by atoms with Crippen molar-refractivity contribution in [3.05, 3.63) is 24.3 Å². The number of H-pyrrole nitrogens is 2. The summed E-state index contributed by atoms with van der Waals surface area (Å²) in [6, 6.07) is 2.15. The molecule has 4 heterocycles. The third-order valence-corrected chi connectivity index (χ3v) is 4.30. The Labute approximate surface area is 127 Å². The molecular weight excluding hydrogens is 280 g/mol. The summed E-state index contributed by atoms with van der Waals surface area (Å²) in [5, 5.41) is 3.99. The van der Waals surface area contributed by atoms with Gasteiger partial charge in [-0.05, 0) is 39.0 Å². The fourth-order valence-electron chi connectivity index (χ4n) is 2.99. The smallest absolute Gasteiger partial charge is 0.287 e. The van der Waals surface area contributed by atoms with Crippen molar-refractivity contribution in [3.8, 4) is 0 Å².